The Balaban J connectivity index is 1.96. The molecule has 1 aliphatic carbocycles. The third-order valence-electron chi connectivity index (χ3n) is 5.14. The van der Waals surface area contributed by atoms with Crippen LogP contribution in [-0.4, -0.2) is 31.8 Å². The van der Waals surface area contributed by atoms with Crippen molar-refractivity contribution >= 4 is 17.3 Å². The number of thiophene rings is 1. The lowest BCUT2D eigenvalue weighted by molar-refractivity contribution is -0.176. The van der Waals surface area contributed by atoms with Gasteiger partial charge in [0.15, 0.2) is 5.96 Å². The molecule has 1 heterocycles. The van der Waals surface area contributed by atoms with E-state index in [4.69, 9.17) is 4.74 Å². The number of aliphatic imine (C=N–C) groups is 1. The molecule has 1 fully saturated rings. The molecule has 1 aromatic rings. The standard InChI is InChI=1S/C16H27N3OS/c1-11(12-8-7-9-21-12)18-14(17-5)19-13-10-16(4,20-6)15(13,2)3/h7-9,11,13H,10H2,1-6H3,(H2,17,18,19). The molecule has 1 aliphatic rings. The van der Waals surface area contributed by atoms with Crippen molar-refractivity contribution in [2.45, 2.75) is 51.8 Å². The molecule has 0 aliphatic heterocycles. The number of methoxy groups -OCH3 is 1. The van der Waals surface area contributed by atoms with E-state index in [2.05, 4.69) is 60.8 Å². The van der Waals surface area contributed by atoms with Crippen molar-refractivity contribution in [2.75, 3.05) is 14.2 Å². The van der Waals surface area contributed by atoms with Crippen LogP contribution in [0.25, 0.3) is 0 Å². The zero-order chi connectivity index (χ0) is 15.7. The first-order valence-corrected chi connectivity index (χ1v) is 8.30. The van der Waals surface area contributed by atoms with Gasteiger partial charge in [0.1, 0.15) is 0 Å². The fraction of sp³-hybridized carbons (Fsp3) is 0.688. The molecular formula is C16H27N3OS. The number of guanidine groups is 1. The Morgan fingerprint density at radius 1 is 1.48 bits per heavy atom. The molecule has 5 heteroatoms. The molecule has 1 aromatic heterocycles. The molecule has 0 spiro atoms. The Labute approximate surface area is 132 Å². The molecule has 3 atom stereocenters. The maximum Gasteiger partial charge on any atom is 0.191 e. The molecular weight excluding hydrogens is 282 g/mol. The first-order chi connectivity index (χ1) is 9.84. The summed E-state index contributed by atoms with van der Waals surface area (Å²) in [6, 6.07) is 4.84. The maximum atomic E-state index is 5.68. The number of rotatable bonds is 4. The van der Waals surface area contributed by atoms with Crippen LogP contribution in [0.4, 0.5) is 0 Å². The lowest BCUT2D eigenvalue weighted by Gasteiger charge is -2.59. The Morgan fingerprint density at radius 3 is 2.67 bits per heavy atom. The van der Waals surface area contributed by atoms with Gasteiger partial charge in [-0.3, -0.25) is 4.99 Å². The molecule has 118 valence electrons. The van der Waals surface area contributed by atoms with Gasteiger partial charge in [-0.2, -0.15) is 0 Å². The van der Waals surface area contributed by atoms with Gasteiger partial charge >= 0.3 is 0 Å². The van der Waals surface area contributed by atoms with E-state index in [0.29, 0.717) is 6.04 Å². The molecule has 0 radical (unpaired) electrons. The van der Waals surface area contributed by atoms with Crippen LogP contribution in [-0.2, 0) is 4.74 Å². The zero-order valence-electron chi connectivity index (χ0n) is 13.9. The quantitative estimate of drug-likeness (QED) is 0.663. The highest BCUT2D eigenvalue weighted by Crippen LogP contribution is 2.51. The Bertz CT molecular complexity index is 498. The minimum Gasteiger partial charge on any atom is -0.378 e. The Kier molecular flexibility index (Phi) is 4.63. The van der Waals surface area contributed by atoms with Gasteiger partial charge in [-0.25, -0.2) is 0 Å². The summed E-state index contributed by atoms with van der Waals surface area (Å²) in [7, 11) is 3.61. The number of hydrogen-bond donors (Lipinski definition) is 2. The SMILES string of the molecule is CN=C(NC(C)c1cccs1)NC1CC(C)(OC)C1(C)C. The summed E-state index contributed by atoms with van der Waals surface area (Å²) in [5.74, 6) is 0.854. The highest BCUT2D eigenvalue weighted by molar-refractivity contribution is 7.10. The summed E-state index contributed by atoms with van der Waals surface area (Å²) >= 11 is 1.76. The second-order valence-electron chi connectivity index (χ2n) is 6.51. The van der Waals surface area contributed by atoms with Crippen molar-refractivity contribution in [1.82, 2.24) is 10.6 Å². The van der Waals surface area contributed by atoms with Gasteiger partial charge in [0.25, 0.3) is 0 Å². The van der Waals surface area contributed by atoms with Crippen molar-refractivity contribution < 1.29 is 4.74 Å². The molecule has 0 aromatic carbocycles. The van der Waals surface area contributed by atoms with Gasteiger partial charge in [0, 0.05) is 30.5 Å². The van der Waals surface area contributed by atoms with E-state index in [1.807, 2.05) is 7.05 Å². The molecule has 1 saturated carbocycles. The normalized spacial score (nSPS) is 29.6. The minimum absolute atomic E-state index is 0.0666. The van der Waals surface area contributed by atoms with E-state index >= 15 is 0 Å². The van der Waals surface area contributed by atoms with Gasteiger partial charge in [0.05, 0.1) is 11.6 Å². The van der Waals surface area contributed by atoms with E-state index in [-0.39, 0.29) is 17.1 Å². The molecule has 21 heavy (non-hydrogen) atoms. The molecule has 0 bridgehead atoms. The third-order valence-corrected chi connectivity index (χ3v) is 6.19. The van der Waals surface area contributed by atoms with Gasteiger partial charge in [-0.05, 0) is 31.7 Å². The van der Waals surface area contributed by atoms with Crippen molar-refractivity contribution in [3.05, 3.63) is 22.4 Å². The van der Waals surface area contributed by atoms with Gasteiger partial charge in [-0.15, -0.1) is 11.3 Å². The number of nitrogens with zero attached hydrogens (tertiary/aromatic N) is 1. The van der Waals surface area contributed by atoms with E-state index in [1.165, 1.54) is 4.88 Å². The average molecular weight is 309 g/mol. The topological polar surface area (TPSA) is 45.7 Å². The van der Waals surface area contributed by atoms with Crippen LogP contribution in [0.15, 0.2) is 22.5 Å². The van der Waals surface area contributed by atoms with E-state index in [0.717, 1.165) is 12.4 Å². The zero-order valence-corrected chi connectivity index (χ0v) is 14.7. The van der Waals surface area contributed by atoms with E-state index in [1.54, 1.807) is 18.4 Å². The lowest BCUT2D eigenvalue weighted by Crippen LogP contribution is -2.69. The smallest absolute Gasteiger partial charge is 0.191 e. The summed E-state index contributed by atoms with van der Waals surface area (Å²) in [5.41, 5.74) is 0.00836. The first-order valence-electron chi connectivity index (χ1n) is 7.42. The highest BCUT2D eigenvalue weighted by atomic mass is 32.1. The number of ether oxygens (including phenoxy) is 1. The van der Waals surface area contributed by atoms with Crippen molar-refractivity contribution in [3.63, 3.8) is 0 Å². The average Bonchev–Trinajstić information content (AvgIpc) is 2.99. The van der Waals surface area contributed by atoms with Crippen LogP contribution in [0.3, 0.4) is 0 Å². The Hall–Kier alpha value is -1.07. The predicted octanol–water partition coefficient (Wildman–Crippen LogP) is 3.18. The fourth-order valence-corrected chi connectivity index (χ4v) is 3.61. The van der Waals surface area contributed by atoms with Crippen LogP contribution >= 0.6 is 11.3 Å². The highest BCUT2D eigenvalue weighted by Gasteiger charge is 2.58. The van der Waals surface area contributed by atoms with Crippen molar-refractivity contribution in [3.8, 4) is 0 Å². The maximum absolute atomic E-state index is 5.68. The molecule has 4 nitrogen and oxygen atoms in total. The summed E-state index contributed by atoms with van der Waals surface area (Å²) in [6.45, 7) is 8.82. The summed E-state index contributed by atoms with van der Waals surface area (Å²) in [6.07, 6.45) is 0.991. The number of nitrogens with one attached hydrogen (secondary N) is 2. The summed E-state index contributed by atoms with van der Waals surface area (Å²) in [4.78, 5) is 5.67. The van der Waals surface area contributed by atoms with Gasteiger partial charge < -0.3 is 15.4 Å². The summed E-state index contributed by atoms with van der Waals surface area (Å²) in [5, 5.41) is 9.10. The third kappa shape index (κ3) is 2.94. The Morgan fingerprint density at radius 2 is 2.19 bits per heavy atom. The number of hydrogen-bond acceptors (Lipinski definition) is 3. The second-order valence-corrected chi connectivity index (χ2v) is 7.49. The molecule has 3 unspecified atom stereocenters. The van der Waals surface area contributed by atoms with E-state index in [9.17, 15) is 0 Å². The van der Waals surface area contributed by atoms with Crippen LogP contribution in [0.5, 0.6) is 0 Å². The first kappa shape index (κ1) is 16.3. The van der Waals surface area contributed by atoms with Crippen LogP contribution in [0.2, 0.25) is 0 Å². The summed E-state index contributed by atoms with van der Waals surface area (Å²) < 4.78 is 5.68. The largest absolute Gasteiger partial charge is 0.378 e. The molecule has 2 N–H and O–H groups in total. The second kappa shape index (κ2) is 5.97. The lowest BCUT2D eigenvalue weighted by atomic mass is 9.56. The van der Waals surface area contributed by atoms with Gasteiger partial charge in [0.2, 0.25) is 0 Å². The minimum atomic E-state index is -0.0666. The van der Waals surface area contributed by atoms with Crippen LogP contribution in [0.1, 0.15) is 45.0 Å². The van der Waals surface area contributed by atoms with Crippen LogP contribution in [0, 0.1) is 5.41 Å². The van der Waals surface area contributed by atoms with Crippen molar-refractivity contribution in [2.24, 2.45) is 10.4 Å². The van der Waals surface area contributed by atoms with Crippen molar-refractivity contribution in [1.29, 1.82) is 0 Å². The van der Waals surface area contributed by atoms with E-state index < -0.39 is 0 Å². The molecule has 2 rings (SSSR count). The monoisotopic (exact) mass is 309 g/mol. The molecule has 0 saturated heterocycles. The fourth-order valence-electron chi connectivity index (χ4n) is 2.87. The van der Waals surface area contributed by atoms with Gasteiger partial charge in [-0.1, -0.05) is 19.9 Å². The van der Waals surface area contributed by atoms with Crippen LogP contribution < -0.4 is 10.6 Å². The predicted molar refractivity (Wildman–Crippen MR) is 90.0 cm³/mol. The molecule has 0 amide bonds.